The fraction of sp³-hybridized carbons (Fsp3) is 0.923. The summed E-state index contributed by atoms with van der Waals surface area (Å²) in [5, 5.41) is 3.04. The van der Waals surface area contributed by atoms with E-state index in [4.69, 9.17) is 5.73 Å². The number of hydrogen-bond donors (Lipinski definition) is 2. The van der Waals surface area contributed by atoms with E-state index in [1.54, 1.807) is 0 Å². The Morgan fingerprint density at radius 2 is 2.25 bits per heavy atom. The van der Waals surface area contributed by atoms with Gasteiger partial charge < -0.3 is 11.1 Å². The predicted molar refractivity (Wildman–Crippen MR) is 67.0 cm³/mol. The second kappa shape index (κ2) is 5.67. The number of rotatable bonds is 5. The Kier molecular flexibility index (Phi) is 4.78. The third kappa shape index (κ3) is 3.78. The molecule has 0 bridgehead atoms. The van der Waals surface area contributed by atoms with E-state index >= 15 is 0 Å². The van der Waals surface area contributed by atoms with Crippen molar-refractivity contribution >= 4 is 5.91 Å². The van der Waals surface area contributed by atoms with E-state index in [9.17, 15) is 4.79 Å². The first-order chi connectivity index (χ1) is 7.43. The van der Waals surface area contributed by atoms with Crippen molar-refractivity contribution in [1.29, 1.82) is 0 Å². The number of nitrogens with one attached hydrogen (secondary N) is 1. The molecule has 2 unspecified atom stereocenters. The Labute approximate surface area is 99.2 Å². The van der Waals surface area contributed by atoms with E-state index < -0.39 is 0 Å². The largest absolute Gasteiger partial charge is 0.356 e. The van der Waals surface area contributed by atoms with Crippen LogP contribution in [0.25, 0.3) is 0 Å². The molecule has 1 fully saturated rings. The zero-order valence-corrected chi connectivity index (χ0v) is 10.9. The van der Waals surface area contributed by atoms with Crippen molar-refractivity contribution in [2.24, 2.45) is 17.1 Å². The summed E-state index contributed by atoms with van der Waals surface area (Å²) < 4.78 is 0. The molecule has 0 heterocycles. The lowest BCUT2D eigenvalue weighted by atomic mass is 9.81. The van der Waals surface area contributed by atoms with Crippen LogP contribution < -0.4 is 11.1 Å². The highest BCUT2D eigenvalue weighted by atomic mass is 16.1. The van der Waals surface area contributed by atoms with Gasteiger partial charge in [0.15, 0.2) is 0 Å². The molecule has 16 heavy (non-hydrogen) atoms. The maximum Gasteiger partial charge on any atom is 0.223 e. The number of nitrogens with two attached hydrogens (primary N) is 1. The summed E-state index contributed by atoms with van der Waals surface area (Å²) in [6, 6.07) is 0.236. The van der Waals surface area contributed by atoms with Crippen LogP contribution in [0, 0.1) is 11.3 Å². The third-order valence-corrected chi connectivity index (χ3v) is 3.71. The zero-order valence-electron chi connectivity index (χ0n) is 10.9. The van der Waals surface area contributed by atoms with Crippen molar-refractivity contribution in [3.63, 3.8) is 0 Å². The molecule has 0 radical (unpaired) electrons. The fourth-order valence-electron chi connectivity index (χ4n) is 2.57. The van der Waals surface area contributed by atoms with Gasteiger partial charge in [0.1, 0.15) is 0 Å². The minimum atomic E-state index is 0.186. The highest BCUT2D eigenvalue weighted by Gasteiger charge is 2.38. The van der Waals surface area contributed by atoms with Gasteiger partial charge in [-0.25, -0.2) is 0 Å². The van der Waals surface area contributed by atoms with Gasteiger partial charge in [0, 0.05) is 18.5 Å². The molecule has 1 aliphatic carbocycles. The van der Waals surface area contributed by atoms with Crippen molar-refractivity contribution in [3.8, 4) is 0 Å². The maximum atomic E-state index is 12.0. The summed E-state index contributed by atoms with van der Waals surface area (Å²) in [7, 11) is 0. The minimum Gasteiger partial charge on any atom is -0.356 e. The van der Waals surface area contributed by atoms with E-state index in [0.717, 1.165) is 25.8 Å². The Bertz CT molecular complexity index is 236. The van der Waals surface area contributed by atoms with Gasteiger partial charge in [-0.2, -0.15) is 0 Å². The summed E-state index contributed by atoms with van der Waals surface area (Å²) >= 11 is 0. The van der Waals surface area contributed by atoms with Crippen molar-refractivity contribution in [2.75, 3.05) is 6.54 Å². The number of hydrogen-bond acceptors (Lipinski definition) is 2. The van der Waals surface area contributed by atoms with E-state index in [0.29, 0.717) is 0 Å². The standard InChI is InChI=1S/C13H26N2O/c1-10(14)6-5-9-15-12(16)11-7-4-8-13(11,2)3/h10-11H,4-9,14H2,1-3H3,(H,15,16). The lowest BCUT2D eigenvalue weighted by Crippen LogP contribution is -2.36. The second-order valence-electron chi connectivity index (χ2n) is 5.84. The molecular formula is C13H26N2O. The molecule has 3 N–H and O–H groups in total. The molecule has 1 saturated carbocycles. The van der Waals surface area contributed by atoms with Gasteiger partial charge in [-0.1, -0.05) is 20.3 Å². The Hall–Kier alpha value is -0.570. The minimum absolute atomic E-state index is 0.186. The van der Waals surface area contributed by atoms with Crippen molar-refractivity contribution in [3.05, 3.63) is 0 Å². The molecule has 0 aromatic heterocycles. The summed E-state index contributed by atoms with van der Waals surface area (Å²) in [4.78, 5) is 12.0. The first-order valence-corrected chi connectivity index (χ1v) is 6.47. The summed E-state index contributed by atoms with van der Waals surface area (Å²) in [6.45, 7) is 7.17. The molecule has 3 nitrogen and oxygen atoms in total. The van der Waals surface area contributed by atoms with E-state index in [1.807, 2.05) is 6.92 Å². The molecule has 0 aromatic carbocycles. The number of carbonyl (C=O) groups is 1. The van der Waals surface area contributed by atoms with Crippen LogP contribution in [-0.2, 0) is 4.79 Å². The van der Waals surface area contributed by atoms with Gasteiger partial charge in [0.2, 0.25) is 5.91 Å². The first kappa shape index (κ1) is 13.5. The molecule has 2 atom stereocenters. The van der Waals surface area contributed by atoms with E-state index in [2.05, 4.69) is 19.2 Å². The van der Waals surface area contributed by atoms with Crippen LogP contribution in [-0.4, -0.2) is 18.5 Å². The second-order valence-corrected chi connectivity index (χ2v) is 5.84. The zero-order chi connectivity index (χ0) is 12.2. The molecule has 0 aliphatic heterocycles. The highest BCUT2D eigenvalue weighted by Crippen LogP contribution is 2.42. The highest BCUT2D eigenvalue weighted by molar-refractivity contribution is 5.79. The van der Waals surface area contributed by atoms with Crippen molar-refractivity contribution in [1.82, 2.24) is 5.32 Å². The molecule has 3 heteroatoms. The average Bonchev–Trinajstić information content (AvgIpc) is 2.52. The number of carbonyl (C=O) groups excluding carboxylic acids is 1. The van der Waals surface area contributed by atoms with Crippen LogP contribution >= 0.6 is 0 Å². The van der Waals surface area contributed by atoms with E-state index in [1.165, 1.54) is 12.8 Å². The first-order valence-electron chi connectivity index (χ1n) is 6.47. The molecule has 94 valence electrons. The SMILES string of the molecule is CC(N)CCCNC(=O)C1CCCC1(C)C. The van der Waals surface area contributed by atoms with Crippen LogP contribution in [0.3, 0.4) is 0 Å². The maximum absolute atomic E-state index is 12.0. The molecule has 0 aromatic rings. The van der Waals surface area contributed by atoms with Crippen molar-refractivity contribution < 1.29 is 4.79 Å². The Morgan fingerprint density at radius 3 is 2.75 bits per heavy atom. The molecule has 0 spiro atoms. The van der Waals surface area contributed by atoms with Crippen LogP contribution in [0.5, 0.6) is 0 Å². The lowest BCUT2D eigenvalue weighted by Gasteiger charge is -2.25. The Balaban J connectivity index is 2.25. The van der Waals surface area contributed by atoms with E-state index in [-0.39, 0.29) is 23.3 Å². The van der Waals surface area contributed by atoms with Crippen molar-refractivity contribution in [2.45, 2.75) is 58.9 Å². The lowest BCUT2D eigenvalue weighted by molar-refractivity contribution is -0.127. The van der Waals surface area contributed by atoms with Crippen LogP contribution in [0.4, 0.5) is 0 Å². The van der Waals surface area contributed by atoms with Crippen LogP contribution in [0.15, 0.2) is 0 Å². The Morgan fingerprint density at radius 1 is 1.56 bits per heavy atom. The third-order valence-electron chi connectivity index (χ3n) is 3.71. The van der Waals surface area contributed by atoms with Gasteiger partial charge in [-0.3, -0.25) is 4.79 Å². The molecule has 0 saturated heterocycles. The van der Waals surface area contributed by atoms with Gasteiger partial charge in [0.05, 0.1) is 0 Å². The summed E-state index contributed by atoms with van der Waals surface area (Å²) in [5.41, 5.74) is 5.85. The monoisotopic (exact) mass is 226 g/mol. The topological polar surface area (TPSA) is 55.1 Å². The molecule has 1 aliphatic rings. The van der Waals surface area contributed by atoms with Crippen LogP contribution in [0.2, 0.25) is 0 Å². The van der Waals surface area contributed by atoms with Gasteiger partial charge in [0.25, 0.3) is 0 Å². The number of amides is 1. The van der Waals surface area contributed by atoms with Crippen LogP contribution in [0.1, 0.15) is 52.9 Å². The summed E-state index contributed by atoms with van der Waals surface area (Å²) in [6.07, 6.45) is 5.37. The normalized spacial score (nSPS) is 25.4. The molecule has 1 amide bonds. The van der Waals surface area contributed by atoms with Gasteiger partial charge in [-0.05, 0) is 38.0 Å². The fourth-order valence-corrected chi connectivity index (χ4v) is 2.57. The summed E-state index contributed by atoms with van der Waals surface area (Å²) in [5.74, 6) is 0.454. The smallest absolute Gasteiger partial charge is 0.223 e. The molecular weight excluding hydrogens is 200 g/mol. The quantitative estimate of drug-likeness (QED) is 0.705. The average molecular weight is 226 g/mol. The van der Waals surface area contributed by atoms with Gasteiger partial charge >= 0.3 is 0 Å². The van der Waals surface area contributed by atoms with Gasteiger partial charge in [-0.15, -0.1) is 0 Å². The predicted octanol–water partition coefficient (Wildman–Crippen LogP) is 2.06. The molecule has 1 rings (SSSR count).